The van der Waals surface area contributed by atoms with E-state index in [1.54, 1.807) is 26.1 Å². The van der Waals surface area contributed by atoms with Crippen LogP contribution in [0.5, 0.6) is 0 Å². The molecule has 0 unspecified atom stereocenters. The highest BCUT2D eigenvalue weighted by Crippen LogP contribution is 2.25. The van der Waals surface area contributed by atoms with Gasteiger partial charge in [-0.25, -0.2) is 4.98 Å². The Morgan fingerprint density at radius 2 is 1.87 bits per heavy atom. The van der Waals surface area contributed by atoms with E-state index < -0.39 is 0 Å². The first-order valence-corrected chi connectivity index (χ1v) is 5.09. The van der Waals surface area contributed by atoms with Gasteiger partial charge in [-0.3, -0.25) is 9.36 Å². The van der Waals surface area contributed by atoms with Crippen LogP contribution in [-0.4, -0.2) is 9.55 Å². The van der Waals surface area contributed by atoms with Crippen LogP contribution in [0.4, 0.5) is 0 Å². The number of hydrogen-bond donors (Lipinski definition) is 0. The maximum atomic E-state index is 11.9. The van der Waals surface area contributed by atoms with E-state index in [0.29, 0.717) is 26.8 Å². The Morgan fingerprint density at radius 1 is 1.27 bits per heavy atom. The molecule has 0 bridgehead atoms. The number of rotatable bonds is 0. The zero-order valence-corrected chi connectivity index (χ0v) is 9.73. The molecule has 0 radical (unpaired) electrons. The average Bonchev–Trinajstić information content (AvgIpc) is 2.20. The SMILES string of the molecule is Cc1nc2c(Cl)ccc(Cl)c2c(=O)n1C. The van der Waals surface area contributed by atoms with Crippen LogP contribution in [0.1, 0.15) is 5.82 Å². The van der Waals surface area contributed by atoms with Gasteiger partial charge in [0.15, 0.2) is 0 Å². The Hall–Kier alpha value is -1.06. The quantitative estimate of drug-likeness (QED) is 0.712. The van der Waals surface area contributed by atoms with Crippen LogP contribution < -0.4 is 5.56 Å². The Kier molecular flexibility index (Phi) is 2.44. The molecule has 0 amide bonds. The maximum Gasteiger partial charge on any atom is 0.262 e. The Balaban J connectivity index is 3.12. The lowest BCUT2D eigenvalue weighted by Crippen LogP contribution is -2.20. The number of aromatic nitrogens is 2. The van der Waals surface area contributed by atoms with E-state index >= 15 is 0 Å². The highest BCUT2D eigenvalue weighted by atomic mass is 35.5. The molecular weight excluding hydrogens is 235 g/mol. The first kappa shape index (κ1) is 10.5. The van der Waals surface area contributed by atoms with Crippen molar-refractivity contribution in [1.29, 1.82) is 0 Å². The zero-order chi connectivity index (χ0) is 11.2. The van der Waals surface area contributed by atoms with Gasteiger partial charge in [-0.2, -0.15) is 0 Å². The number of aryl methyl sites for hydroxylation is 1. The summed E-state index contributed by atoms with van der Waals surface area (Å²) >= 11 is 11.9. The first-order chi connectivity index (χ1) is 7.02. The maximum absolute atomic E-state index is 11.9. The minimum atomic E-state index is -0.176. The van der Waals surface area contributed by atoms with Gasteiger partial charge in [0.05, 0.1) is 20.9 Å². The van der Waals surface area contributed by atoms with Crippen molar-refractivity contribution in [2.24, 2.45) is 7.05 Å². The summed E-state index contributed by atoms with van der Waals surface area (Å²) in [7, 11) is 1.65. The first-order valence-electron chi connectivity index (χ1n) is 4.33. The molecule has 0 aliphatic heterocycles. The summed E-state index contributed by atoms with van der Waals surface area (Å²) in [6.07, 6.45) is 0. The van der Waals surface area contributed by atoms with Crippen LogP contribution in [0.25, 0.3) is 10.9 Å². The fraction of sp³-hybridized carbons (Fsp3) is 0.200. The summed E-state index contributed by atoms with van der Waals surface area (Å²) in [6, 6.07) is 3.24. The number of fused-ring (bicyclic) bond motifs is 1. The van der Waals surface area contributed by atoms with Crippen LogP contribution >= 0.6 is 23.2 Å². The van der Waals surface area contributed by atoms with Crippen molar-refractivity contribution in [1.82, 2.24) is 9.55 Å². The van der Waals surface area contributed by atoms with Crippen LogP contribution in [0.3, 0.4) is 0 Å². The van der Waals surface area contributed by atoms with Crippen molar-refractivity contribution in [3.05, 3.63) is 38.4 Å². The predicted molar refractivity (Wildman–Crippen MR) is 61.7 cm³/mol. The van der Waals surface area contributed by atoms with Crippen LogP contribution in [0.2, 0.25) is 10.0 Å². The largest absolute Gasteiger partial charge is 0.299 e. The molecule has 0 aliphatic rings. The van der Waals surface area contributed by atoms with Crippen LogP contribution in [0.15, 0.2) is 16.9 Å². The zero-order valence-electron chi connectivity index (χ0n) is 8.21. The van der Waals surface area contributed by atoms with E-state index in [1.807, 2.05) is 0 Å². The summed E-state index contributed by atoms with van der Waals surface area (Å²) in [5.41, 5.74) is 0.287. The lowest BCUT2D eigenvalue weighted by Gasteiger charge is -2.07. The number of hydrogen-bond acceptors (Lipinski definition) is 2. The van der Waals surface area contributed by atoms with Crippen molar-refractivity contribution < 1.29 is 0 Å². The summed E-state index contributed by atoms with van der Waals surface area (Å²) in [5.74, 6) is 0.608. The van der Waals surface area contributed by atoms with Crippen molar-refractivity contribution >= 4 is 34.1 Å². The van der Waals surface area contributed by atoms with E-state index in [0.717, 1.165) is 0 Å². The molecule has 1 aromatic carbocycles. The van der Waals surface area contributed by atoms with E-state index in [2.05, 4.69) is 4.98 Å². The molecular formula is C10H8Cl2N2O. The molecule has 15 heavy (non-hydrogen) atoms. The van der Waals surface area contributed by atoms with E-state index in [4.69, 9.17) is 23.2 Å². The van der Waals surface area contributed by atoms with Gasteiger partial charge >= 0.3 is 0 Å². The van der Waals surface area contributed by atoms with Gasteiger partial charge in [-0.05, 0) is 19.1 Å². The molecule has 78 valence electrons. The van der Waals surface area contributed by atoms with Crippen molar-refractivity contribution in [3.8, 4) is 0 Å². The predicted octanol–water partition coefficient (Wildman–Crippen LogP) is 2.55. The van der Waals surface area contributed by atoms with Gasteiger partial charge < -0.3 is 0 Å². The molecule has 0 spiro atoms. The summed E-state index contributed by atoms with van der Waals surface area (Å²) in [4.78, 5) is 16.1. The Morgan fingerprint density at radius 3 is 2.53 bits per heavy atom. The van der Waals surface area contributed by atoms with Crippen molar-refractivity contribution in [2.45, 2.75) is 6.92 Å². The molecule has 0 atom stereocenters. The lowest BCUT2D eigenvalue weighted by molar-refractivity contribution is 0.792. The summed E-state index contributed by atoms with van der Waals surface area (Å²) < 4.78 is 1.45. The van der Waals surface area contributed by atoms with E-state index in [9.17, 15) is 4.79 Å². The molecule has 2 aromatic rings. The number of benzene rings is 1. The normalized spacial score (nSPS) is 10.9. The minimum Gasteiger partial charge on any atom is -0.299 e. The molecule has 0 aliphatic carbocycles. The third kappa shape index (κ3) is 1.52. The fourth-order valence-electron chi connectivity index (χ4n) is 1.41. The summed E-state index contributed by atoms with van der Waals surface area (Å²) in [5, 5.41) is 1.19. The average molecular weight is 243 g/mol. The van der Waals surface area contributed by atoms with Crippen molar-refractivity contribution in [3.63, 3.8) is 0 Å². The lowest BCUT2D eigenvalue weighted by atomic mass is 10.2. The number of halogens is 2. The van der Waals surface area contributed by atoms with E-state index in [-0.39, 0.29) is 5.56 Å². The molecule has 2 rings (SSSR count). The highest BCUT2D eigenvalue weighted by molar-refractivity contribution is 6.39. The monoisotopic (exact) mass is 242 g/mol. The second-order valence-corrected chi connectivity index (χ2v) is 4.09. The van der Waals surface area contributed by atoms with Gasteiger partial charge in [0.25, 0.3) is 5.56 Å². The molecule has 3 nitrogen and oxygen atoms in total. The van der Waals surface area contributed by atoms with Gasteiger partial charge in [0.1, 0.15) is 5.82 Å². The van der Waals surface area contributed by atoms with Crippen molar-refractivity contribution in [2.75, 3.05) is 0 Å². The fourth-order valence-corrected chi connectivity index (χ4v) is 1.84. The van der Waals surface area contributed by atoms with Crippen LogP contribution in [0, 0.1) is 6.92 Å². The molecule has 1 heterocycles. The third-order valence-corrected chi connectivity index (χ3v) is 2.98. The topological polar surface area (TPSA) is 34.9 Å². The molecule has 0 fully saturated rings. The minimum absolute atomic E-state index is 0.176. The second-order valence-electron chi connectivity index (χ2n) is 3.28. The number of nitrogens with zero attached hydrogens (tertiary/aromatic N) is 2. The third-order valence-electron chi connectivity index (χ3n) is 2.36. The molecule has 1 aromatic heterocycles. The van der Waals surface area contributed by atoms with Gasteiger partial charge in [-0.1, -0.05) is 23.2 Å². The van der Waals surface area contributed by atoms with E-state index in [1.165, 1.54) is 4.57 Å². The van der Waals surface area contributed by atoms with Gasteiger partial charge in [0, 0.05) is 7.05 Å². The molecule has 0 N–H and O–H groups in total. The second kappa shape index (κ2) is 3.51. The van der Waals surface area contributed by atoms with Crippen LogP contribution in [-0.2, 0) is 7.05 Å². The molecule has 5 heteroatoms. The standard InChI is InChI=1S/C10H8Cl2N2O/c1-5-13-9-7(12)4-3-6(11)8(9)10(15)14(5)2/h3-4H,1-2H3. The van der Waals surface area contributed by atoms with Gasteiger partial charge in [-0.15, -0.1) is 0 Å². The molecule has 0 saturated carbocycles. The van der Waals surface area contributed by atoms with Gasteiger partial charge in [0.2, 0.25) is 0 Å². The Bertz CT molecular complexity index is 604. The molecule has 0 saturated heterocycles. The summed E-state index contributed by atoms with van der Waals surface area (Å²) in [6.45, 7) is 1.75. The highest BCUT2D eigenvalue weighted by Gasteiger charge is 2.11. The Labute approximate surface area is 96.3 Å². The smallest absolute Gasteiger partial charge is 0.262 e.